The average molecular weight is 196 g/mol. The molecule has 4 heteroatoms. The van der Waals surface area contributed by atoms with Crippen LogP contribution in [0.15, 0.2) is 6.33 Å². The Bertz CT molecular complexity index is 269. The van der Waals surface area contributed by atoms with E-state index in [-0.39, 0.29) is 0 Å². The van der Waals surface area contributed by atoms with Gasteiger partial charge in [0, 0.05) is 19.5 Å². The molecule has 1 aromatic rings. The van der Waals surface area contributed by atoms with Crippen LogP contribution in [0.2, 0.25) is 0 Å². The second-order valence-corrected chi connectivity index (χ2v) is 3.83. The van der Waals surface area contributed by atoms with Crippen LogP contribution in [0.25, 0.3) is 0 Å². The molecule has 0 aromatic carbocycles. The normalized spacial score (nSPS) is 15.4. The monoisotopic (exact) mass is 196 g/mol. The summed E-state index contributed by atoms with van der Waals surface area (Å²) in [6.07, 6.45) is 2.59. The van der Waals surface area contributed by atoms with Crippen molar-refractivity contribution in [2.75, 3.05) is 6.54 Å². The molecule has 1 aromatic heterocycles. The molecule has 2 unspecified atom stereocenters. The van der Waals surface area contributed by atoms with Gasteiger partial charge in [0.1, 0.15) is 12.2 Å². The van der Waals surface area contributed by atoms with E-state index in [1.807, 2.05) is 11.7 Å². The van der Waals surface area contributed by atoms with Crippen LogP contribution < -0.4 is 5.32 Å². The van der Waals surface area contributed by atoms with Crippen molar-refractivity contribution in [2.24, 2.45) is 13.0 Å². The molecule has 0 saturated carbocycles. The lowest BCUT2D eigenvalue weighted by molar-refractivity contribution is 0.395. The number of nitrogens with one attached hydrogen (secondary N) is 1. The maximum atomic E-state index is 4.22. The van der Waals surface area contributed by atoms with Crippen LogP contribution in [0.1, 0.15) is 26.6 Å². The summed E-state index contributed by atoms with van der Waals surface area (Å²) in [6, 6.07) is 0.525. The van der Waals surface area contributed by atoms with Gasteiger partial charge in [0.15, 0.2) is 0 Å². The highest BCUT2D eigenvalue weighted by Gasteiger charge is 2.13. The lowest BCUT2D eigenvalue weighted by Gasteiger charge is -2.19. The molecule has 1 rings (SSSR count). The summed E-state index contributed by atoms with van der Waals surface area (Å²) in [5.74, 6) is 1.64. The minimum atomic E-state index is 0.525. The number of hydrogen-bond donors (Lipinski definition) is 1. The van der Waals surface area contributed by atoms with E-state index in [9.17, 15) is 0 Å². The molecule has 0 fully saturated rings. The Kier molecular flexibility index (Phi) is 4.07. The van der Waals surface area contributed by atoms with E-state index in [0.29, 0.717) is 12.0 Å². The maximum absolute atomic E-state index is 4.22. The van der Waals surface area contributed by atoms with Gasteiger partial charge in [0.05, 0.1) is 0 Å². The second kappa shape index (κ2) is 5.10. The highest BCUT2D eigenvalue weighted by Crippen LogP contribution is 2.08. The standard InChI is InChI=1S/C10H20N4/c1-5-11-9(3)8(2)6-10-12-7-13-14(10)4/h7-9,11H,5-6H2,1-4H3. The Hall–Kier alpha value is -0.900. The lowest BCUT2D eigenvalue weighted by Crippen LogP contribution is -2.33. The minimum Gasteiger partial charge on any atom is -0.314 e. The van der Waals surface area contributed by atoms with E-state index < -0.39 is 0 Å². The molecule has 0 saturated heterocycles. The smallest absolute Gasteiger partial charge is 0.138 e. The van der Waals surface area contributed by atoms with Gasteiger partial charge < -0.3 is 5.32 Å². The molecule has 14 heavy (non-hydrogen) atoms. The Morgan fingerprint density at radius 3 is 2.71 bits per heavy atom. The first kappa shape index (κ1) is 11.2. The Morgan fingerprint density at radius 2 is 2.21 bits per heavy atom. The first-order valence-corrected chi connectivity index (χ1v) is 5.21. The summed E-state index contributed by atoms with van der Waals surface area (Å²) >= 11 is 0. The Balaban J connectivity index is 2.48. The molecule has 0 spiro atoms. The maximum Gasteiger partial charge on any atom is 0.138 e. The molecule has 0 aliphatic rings. The molecule has 4 nitrogen and oxygen atoms in total. The molecule has 1 N–H and O–H groups in total. The van der Waals surface area contributed by atoms with Gasteiger partial charge in [0.25, 0.3) is 0 Å². The average Bonchev–Trinajstić information content (AvgIpc) is 2.52. The molecule has 0 amide bonds. The van der Waals surface area contributed by atoms with Gasteiger partial charge >= 0.3 is 0 Å². The number of aryl methyl sites for hydroxylation is 1. The topological polar surface area (TPSA) is 42.7 Å². The third-order valence-electron chi connectivity index (χ3n) is 2.69. The van der Waals surface area contributed by atoms with E-state index in [2.05, 4.69) is 36.2 Å². The molecular weight excluding hydrogens is 176 g/mol. The van der Waals surface area contributed by atoms with Crippen molar-refractivity contribution in [3.05, 3.63) is 12.2 Å². The van der Waals surface area contributed by atoms with Gasteiger partial charge in [-0.2, -0.15) is 5.10 Å². The predicted octanol–water partition coefficient (Wildman–Crippen LogP) is 0.992. The fourth-order valence-corrected chi connectivity index (χ4v) is 1.49. The Labute approximate surface area is 85.7 Å². The van der Waals surface area contributed by atoms with Crippen LogP contribution in [0, 0.1) is 5.92 Å². The van der Waals surface area contributed by atoms with Gasteiger partial charge in [-0.3, -0.25) is 4.68 Å². The highest BCUT2D eigenvalue weighted by atomic mass is 15.3. The molecule has 0 bridgehead atoms. The van der Waals surface area contributed by atoms with Crippen molar-refractivity contribution in [3.8, 4) is 0 Å². The molecule has 1 heterocycles. The SMILES string of the molecule is CCNC(C)C(C)Cc1ncnn1C. The van der Waals surface area contributed by atoms with Crippen LogP contribution in [0.4, 0.5) is 0 Å². The van der Waals surface area contributed by atoms with Gasteiger partial charge in [-0.05, 0) is 19.4 Å². The predicted molar refractivity (Wildman–Crippen MR) is 57.0 cm³/mol. The van der Waals surface area contributed by atoms with Crippen molar-refractivity contribution in [1.29, 1.82) is 0 Å². The van der Waals surface area contributed by atoms with E-state index in [1.165, 1.54) is 0 Å². The van der Waals surface area contributed by atoms with Gasteiger partial charge in [-0.25, -0.2) is 4.98 Å². The summed E-state index contributed by atoms with van der Waals surface area (Å²) in [4.78, 5) is 4.22. The lowest BCUT2D eigenvalue weighted by atomic mass is 9.99. The Morgan fingerprint density at radius 1 is 1.50 bits per heavy atom. The van der Waals surface area contributed by atoms with Crippen molar-refractivity contribution in [2.45, 2.75) is 33.2 Å². The summed E-state index contributed by atoms with van der Waals surface area (Å²) < 4.78 is 1.84. The number of rotatable bonds is 5. The quantitative estimate of drug-likeness (QED) is 0.763. The zero-order chi connectivity index (χ0) is 10.6. The zero-order valence-electron chi connectivity index (χ0n) is 9.49. The summed E-state index contributed by atoms with van der Waals surface area (Å²) in [7, 11) is 1.94. The zero-order valence-corrected chi connectivity index (χ0v) is 9.49. The third-order valence-corrected chi connectivity index (χ3v) is 2.69. The number of hydrogen-bond acceptors (Lipinski definition) is 3. The van der Waals surface area contributed by atoms with Gasteiger partial charge in [-0.1, -0.05) is 13.8 Å². The van der Waals surface area contributed by atoms with Crippen molar-refractivity contribution in [3.63, 3.8) is 0 Å². The van der Waals surface area contributed by atoms with Gasteiger partial charge in [-0.15, -0.1) is 0 Å². The van der Waals surface area contributed by atoms with Crippen molar-refractivity contribution < 1.29 is 0 Å². The van der Waals surface area contributed by atoms with Crippen LogP contribution >= 0.6 is 0 Å². The minimum absolute atomic E-state index is 0.525. The summed E-state index contributed by atoms with van der Waals surface area (Å²) in [5.41, 5.74) is 0. The van der Waals surface area contributed by atoms with E-state index in [1.54, 1.807) is 6.33 Å². The van der Waals surface area contributed by atoms with Crippen LogP contribution in [-0.2, 0) is 13.5 Å². The van der Waals surface area contributed by atoms with E-state index in [0.717, 1.165) is 18.8 Å². The molecular formula is C10H20N4. The van der Waals surface area contributed by atoms with Crippen molar-refractivity contribution in [1.82, 2.24) is 20.1 Å². The van der Waals surface area contributed by atoms with E-state index >= 15 is 0 Å². The van der Waals surface area contributed by atoms with Crippen LogP contribution in [0.3, 0.4) is 0 Å². The molecule has 2 atom stereocenters. The highest BCUT2D eigenvalue weighted by molar-refractivity contribution is 4.87. The van der Waals surface area contributed by atoms with Gasteiger partial charge in [0.2, 0.25) is 0 Å². The summed E-state index contributed by atoms with van der Waals surface area (Å²) in [6.45, 7) is 7.60. The number of nitrogens with zero attached hydrogens (tertiary/aromatic N) is 3. The second-order valence-electron chi connectivity index (χ2n) is 3.83. The fourth-order valence-electron chi connectivity index (χ4n) is 1.49. The van der Waals surface area contributed by atoms with E-state index in [4.69, 9.17) is 0 Å². The summed E-state index contributed by atoms with van der Waals surface area (Å²) in [5, 5.41) is 7.48. The first-order chi connectivity index (χ1) is 6.65. The van der Waals surface area contributed by atoms with Crippen LogP contribution in [-0.4, -0.2) is 27.4 Å². The third kappa shape index (κ3) is 2.80. The van der Waals surface area contributed by atoms with Crippen LogP contribution in [0.5, 0.6) is 0 Å². The molecule has 0 aliphatic heterocycles. The first-order valence-electron chi connectivity index (χ1n) is 5.21. The van der Waals surface area contributed by atoms with Crippen molar-refractivity contribution >= 4 is 0 Å². The molecule has 0 radical (unpaired) electrons. The molecule has 80 valence electrons. The number of aromatic nitrogens is 3. The fraction of sp³-hybridized carbons (Fsp3) is 0.800. The largest absolute Gasteiger partial charge is 0.314 e. The molecule has 0 aliphatic carbocycles.